The molecule has 0 N–H and O–H groups in total. The van der Waals surface area contributed by atoms with Gasteiger partial charge in [0.2, 0.25) is 0 Å². The van der Waals surface area contributed by atoms with Crippen LogP contribution in [0.25, 0.3) is 0 Å². The zero-order valence-electron chi connectivity index (χ0n) is 14.0. The van der Waals surface area contributed by atoms with Gasteiger partial charge in [0.1, 0.15) is 11.5 Å². The maximum absolute atomic E-state index is 12.8. The second-order valence-corrected chi connectivity index (χ2v) is 6.14. The first-order valence-corrected chi connectivity index (χ1v) is 8.62. The number of carbonyl (C=O) groups excluding carboxylic acids is 1. The third-order valence-corrected chi connectivity index (χ3v) is 4.43. The summed E-state index contributed by atoms with van der Waals surface area (Å²) >= 11 is 1.43. The van der Waals surface area contributed by atoms with Crippen LogP contribution in [0.1, 0.15) is 5.69 Å². The zero-order chi connectivity index (χ0) is 17.6. The van der Waals surface area contributed by atoms with Crippen LogP contribution in [0.3, 0.4) is 0 Å². The standard InChI is InChI=1S/C19H18N2O3S/c1-14-13-25-19(20-14)21(15-6-4-3-5-7-15)18(22)12-24-17-10-8-16(23-2)9-11-17/h3-11,13H,12H2,1-2H3. The van der Waals surface area contributed by atoms with E-state index in [0.29, 0.717) is 10.9 Å². The minimum atomic E-state index is -0.184. The number of thiazole rings is 1. The predicted octanol–water partition coefficient (Wildman–Crippen LogP) is 4.20. The number of aryl methyl sites for hydroxylation is 1. The van der Waals surface area contributed by atoms with Crippen molar-refractivity contribution in [1.82, 2.24) is 4.98 Å². The first kappa shape index (κ1) is 17.0. The Balaban J connectivity index is 1.77. The van der Waals surface area contributed by atoms with Crippen LogP contribution < -0.4 is 14.4 Å². The SMILES string of the molecule is COc1ccc(OCC(=O)N(c2ccccc2)c2nc(C)cs2)cc1. The van der Waals surface area contributed by atoms with Crippen molar-refractivity contribution >= 4 is 28.1 Å². The molecule has 0 fully saturated rings. The van der Waals surface area contributed by atoms with Gasteiger partial charge in [-0.3, -0.25) is 9.69 Å². The average molecular weight is 354 g/mol. The monoisotopic (exact) mass is 354 g/mol. The van der Waals surface area contributed by atoms with E-state index >= 15 is 0 Å². The van der Waals surface area contributed by atoms with Gasteiger partial charge >= 0.3 is 0 Å². The number of benzene rings is 2. The Labute approximate surface area is 150 Å². The highest BCUT2D eigenvalue weighted by Crippen LogP contribution is 2.28. The highest BCUT2D eigenvalue weighted by molar-refractivity contribution is 7.14. The number of anilines is 2. The predicted molar refractivity (Wildman–Crippen MR) is 98.9 cm³/mol. The molecule has 0 radical (unpaired) electrons. The van der Waals surface area contributed by atoms with Crippen LogP contribution in [0, 0.1) is 6.92 Å². The highest BCUT2D eigenvalue weighted by atomic mass is 32.1. The van der Waals surface area contributed by atoms with Crippen LogP contribution in [0.15, 0.2) is 60.0 Å². The molecule has 0 saturated carbocycles. The summed E-state index contributed by atoms with van der Waals surface area (Å²) < 4.78 is 10.7. The van der Waals surface area contributed by atoms with E-state index in [1.54, 1.807) is 36.3 Å². The van der Waals surface area contributed by atoms with E-state index in [9.17, 15) is 4.79 Å². The summed E-state index contributed by atoms with van der Waals surface area (Å²) in [5.41, 5.74) is 1.64. The van der Waals surface area contributed by atoms with Crippen LogP contribution in [0.5, 0.6) is 11.5 Å². The Hall–Kier alpha value is -2.86. The molecule has 1 heterocycles. The summed E-state index contributed by atoms with van der Waals surface area (Å²) in [6, 6.07) is 16.6. The molecule has 25 heavy (non-hydrogen) atoms. The third-order valence-electron chi connectivity index (χ3n) is 3.48. The highest BCUT2D eigenvalue weighted by Gasteiger charge is 2.21. The fourth-order valence-corrected chi connectivity index (χ4v) is 3.10. The van der Waals surface area contributed by atoms with Crippen molar-refractivity contribution in [2.75, 3.05) is 18.6 Å². The molecule has 2 aromatic carbocycles. The van der Waals surface area contributed by atoms with Crippen molar-refractivity contribution in [2.24, 2.45) is 0 Å². The van der Waals surface area contributed by atoms with Crippen molar-refractivity contribution in [3.05, 3.63) is 65.7 Å². The Morgan fingerprint density at radius 2 is 1.76 bits per heavy atom. The molecule has 6 heteroatoms. The molecule has 0 aliphatic rings. The van der Waals surface area contributed by atoms with Crippen molar-refractivity contribution in [3.63, 3.8) is 0 Å². The summed E-state index contributed by atoms with van der Waals surface area (Å²) in [6.45, 7) is 1.82. The number of para-hydroxylation sites is 1. The van der Waals surface area contributed by atoms with Gasteiger partial charge in [0.15, 0.2) is 11.7 Å². The van der Waals surface area contributed by atoms with Gasteiger partial charge in [-0.1, -0.05) is 18.2 Å². The largest absolute Gasteiger partial charge is 0.497 e. The molecular weight excluding hydrogens is 336 g/mol. The van der Waals surface area contributed by atoms with Gasteiger partial charge < -0.3 is 9.47 Å². The fraction of sp³-hybridized carbons (Fsp3) is 0.158. The van der Waals surface area contributed by atoms with Crippen LogP contribution >= 0.6 is 11.3 Å². The number of rotatable bonds is 6. The normalized spacial score (nSPS) is 10.3. The van der Waals surface area contributed by atoms with Gasteiger partial charge in [0.05, 0.1) is 18.5 Å². The molecule has 5 nitrogen and oxygen atoms in total. The Morgan fingerprint density at radius 3 is 2.36 bits per heavy atom. The van der Waals surface area contributed by atoms with Gasteiger partial charge in [0.25, 0.3) is 5.91 Å². The summed E-state index contributed by atoms with van der Waals surface area (Å²) in [7, 11) is 1.60. The van der Waals surface area contributed by atoms with Gasteiger partial charge in [-0.15, -0.1) is 11.3 Å². The lowest BCUT2D eigenvalue weighted by atomic mass is 10.3. The number of hydrogen-bond donors (Lipinski definition) is 0. The molecule has 128 valence electrons. The zero-order valence-corrected chi connectivity index (χ0v) is 14.8. The van der Waals surface area contributed by atoms with E-state index in [1.807, 2.05) is 42.6 Å². The summed E-state index contributed by atoms with van der Waals surface area (Å²) in [5.74, 6) is 1.16. The first-order chi connectivity index (χ1) is 12.2. The average Bonchev–Trinajstić information content (AvgIpc) is 3.07. The number of amides is 1. The Morgan fingerprint density at radius 1 is 1.08 bits per heavy atom. The van der Waals surface area contributed by atoms with Gasteiger partial charge in [-0.2, -0.15) is 0 Å². The second-order valence-electron chi connectivity index (χ2n) is 5.30. The maximum atomic E-state index is 12.8. The van der Waals surface area contributed by atoms with E-state index in [2.05, 4.69) is 4.98 Å². The number of ether oxygens (including phenoxy) is 2. The topological polar surface area (TPSA) is 51.7 Å². The van der Waals surface area contributed by atoms with Crippen molar-refractivity contribution in [1.29, 1.82) is 0 Å². The molecule has 1 amide bonds. The molecular formula is C19H18N2O3S. The summed E-state index contributed by atoms with van der Waals surface area (Å²) in [5, 5.41) is 2.55. The number of carbonyl (C=O) groups is 1. The van der Waals surface area contributed by atoms with E-state index in [1.165, 1.54) is 11.3 Å². The third kappa shape index (κ3) is 4.16. The van der Waals surface area contributed by atoms with E-state index in [0.717, 1.165) is 17.1 Å². The molecule has 0 aliphatic heterocycles. The maximum Gasteiger partial charge on any atom is 0.271 e. The molecule has 3 rings (SSSR count). The fourth-order valence-electron chi connectivity index (χ4n) is 2.26. The van der Waals surface area contributed by atoms with Crippen LogP contribution in [-0.4, -0.2) is 24.6 Å². The first-order valence-electron chi connectivity index (χ1n) is 7.74. The van der Waals surface area contributed by atoms with Crippen molar-refractivity contribution in [2.45, 2.75) is 6.92 Å². The molecule has 0 saturated heterocycles. The van der Waals surface area contributed by atoms with Gasteiger partial charge in [-0.05, 0) is 43.3 Å². The molecule has 0 atom stereocenters. The summed E-state index contributed by atoms with van der Waals surface area (Å²) in [6.07, 6.45) is 0. The molecule has 3 aromatic rings. The number of nitrogens with zero attached hydrogens (tertiary/aromatic N) is 2. The number of methoxy groups -OCH3 is 1. The minimum Gasteiger partial charge on any atom is -0.497 e. The Bertz CT molecular complexity index is 831. The lowest BCUT2D eigenvalue weighted by Gasteiger charge is -2.20. The molecule has 0 aliphatic carbocycles. The summed E-state index contributed by atoms with van der Waals surface area (Å²) in [4.78, 5) is 18.8. The van der Waals surface area contributed by atoms with Crippen molar-refractivity contribution in [3.8, 4) is 11.5 Å². The van der Waals surface area contributed by atoms with E-state index < -0.39 is 0 Å². The molecule has 0 bridgehead atoms. The van der Waals surface area contributed by atoms with Gasteiger partial charge in [0, 0.05) is 5.38 Å². The lowest BCUT2D eigenvalue weighted by molar-refractivity contribution is -0.119. The quantitative estimate of drug-likeness (QED) is 0.666. The van der Waals surface area contributed by atoms with Crippen molar-refractivity contribution < 1.29 is 14.3 Å². The molecule has 1 aromatic heterocycles. The second kappa shape index (κ2) is 7.81. The van der Waals surface area contributed by atoms with E-state index in [4.69, 9.17) is 9.47 Å². The number of hydrogen-bond acceptors (Lipinski definition) is 5. The molecule has 0 unspecified atom stereocenters. The smallest absolute Gasteiger partial charge is 0.271 e. The molecule has 0 spiro atoms. The Kier molecular flexibility index (Phi) is 5.30. The van der Waals surface area contributed by atoms with Crippen LogP contribution in [0.4, 0.5) is 10.8 Å². The van der Waals surface area contributed by atoms with E-state index in [-0.39, 0.29) is 12.5 Å². The minimum absolute atomic E-state index is 0.0835. The van der Waals surface area contributed by atoms with Gasteiger partial charge in [-0.25, -0.2) is 4.98 Å². The van der Waals surface area contributed by atoms with Crippen LogP contribution in [-0.2, 0) is 4.79 Å². The number of aromatic nitrogens is 1. The van der Waals surface area contributed by atoms with Crippen LogP contribution in [0.2, 0.25) is 0 Å². The lowest BCUT2D eigenvalue weighted by Crippen LogP contribution is -2.30.